The Morgan fingerprint density at radius 3 is 2.95 bits per heavy atom. The molecule has 0 radical (unpaired) electrons. The smallest absolute Gasteiger partial charge is 0.319 e. The number of hydrogen-bond acceptors (Lipinski definition) is 4. The van der Waals surface area contributed by atoms with Gasteiger partial charge in [0, 0.05) is 16.6 Å². The number of halogens is 1. The minimum Gasteiger partial charge on any atom is -0.409 e. The van der Waals surface area contributed by atoms with E-state index in [-0.39, 0.29) is 17.9 Å². The van der Waals surface area contributed by atoms with Crippen molar-refractivity contribution in [2.24, 2.45) is 10.9 Å². The molecule has 1 fully saturated rings. The number of benzene rings is 1. The lowest BCUT2D eigenvalue weighted by Gasteiger charge is -2.13. The Morgan fingerprint density at radius 1 is 1.55 bits per heavy atom. The van der Waals surface area contributed by atoms with Gasteiger partial charge in [0.2, 0.25) is 0 Å². The van der Waals surface area contributed by atoms with Gasteiger partial charge in [-0.3, -0.25) is 0 Å². The molecule has 1 unspecified atom stereocenters. The normalized spacial score (nSPS) is 18.9. The van der Waals surface area contributed by atoms with E-state index in [2.05, 4.69) is 31.7 Å². The third-order valence-corrected chi connectivity index (χ3v) is 3.54. The Hall–Kier alpha value is -1.80. The van der Waals surface area contributed by atoms with Gasteiger partial charge in [0.1, 0.15) is 0 Å². The van der Waals surface area contributed by atoms with Gasteiger partial charge in [-0.1, -0.05) is 5.16 Å². The second-order valence-corrected chi connectivity index (χ2v) is 5.19. The second kappa shape index (κ2) is 6.58. The van der Waals surface area contributed by atoms with E-state index >= 15 is 0 Å². The first-order chi connectivity index (χ1) is 9.60. The third-order valence-electron chi connectivity index (χ3n) is 2.89. The largest absolute Gasteiger partial charge is 0.409 e. The van der Waals surface area contributed by atoms with Crippen LogP contribution in [0.1, 0.15) is 12.0 Å². The van der Waals surface area contributed by atoms with Crippen molar-refractivity contribution in [1.82, 2.24) is 5.32 Å². The van der Waals surface area contributed by atoms with Crippen LogP contribution >= 0.6 is 15.9 Å². The van der Waals surface area contributed by atoms with Crippen LogP contribution in [0.25, 0.3) is 0 Å². The lowest BCUT2D eigenvalue weighted by atomic mass is 10.2. The molecule has 1 aromatic rings. The van der Waals surface area contributed by atoms with Crippen molar-refractivity contribution >= 4 is 33.5 Å². The molecule has 20 heavy (non-hydrogen) atoms. The van der Waals surface area contributed by atoms with Crippen LogP contribution < -0.4 is 16.4 Å². The van der Waals surface area contributed by atoms with Gasteiger partial charge in [-0.15, -0.1) is 0 Å². The molecule has 1 heterocycles. The highest BCUT2D eigenvalue weighted by atomic mass is 79.9. The van der Waals surface area contributed by atoms with Gasteiger partial charge < -0.3 is 26.3 Å². The van der Waals surface area contributed by atoms with Crippen LogP contribution in [0.15, 0.2) is 27.8 Å². The molecule has 5 N–H and O–H groups in total. The molecule has 0 saturated carbocycles. The number of nitrogens with one attached hydrogen (secondary N) is 2. The Morgan fingerprint density at radius 2 is 2.35 bits per heavy atom. The molecule has 8 heteroatoms. The number of oxime groups is 1. The Labute approximate surface area is 124 Å². The van der Waals surface area contributed by atoms with E-state index in [0.717, 1.165) is 6.42 Å². The van der Waals surface area contributed by atoms with E-state index in [0.29, 0.717) is 28.9 Å². The number of nitrogens with zero attached hydrogens (tertiary/aromatic N) is 1. The van der Waals surface area contributed by atoms with E-state index in [1.807, 2.05) is 0 Å². The average molecular weight is 343 g/mol. The van der Waals surface area contributed by atoms with Gasteiger partial charge in [-0.2, -0.15) is 0 Å². The lowest BCUT2D eigenvalue weighted by Crippen LogP contribution is -2.38. The fraction of sp³-hybridized carbons (Fsp3) is 0.333. The van der Waals surface area contributed by atoms with Crippen LogP contribution in [0, 0.1) is 0 Å². The number of hydrogen-bond donors (Lipinski definition) is 4. The molecule has 1 aromatic carbocycles. The predicted octanol–water partition coefficient (Wildman–Crippen LogP) is 1.45. The molecule has 1 atom stereocenters. The standard InChI is InChI=1S/C12H15BrN4O3/c13-9-5-7(11(14)17-19)1-2-10(9)16-12(18)15-8-3-4-20-6-8/h1-2,5,8,19H,3-4,6H2,(H2,14,17)(H2,15,16,18). The summed E-state index contributed by atoms with van der Waals surface area (Å²) in [5.74, 6) is 0.00445. The number of anilines is 1. The zero-order chi connectivity index (χ0) is 14.5. The molecule has 0 aromatic heterocycles. The number of amides is 2. The van der Waals surface area contributed by atoms with Crippen molar-refractivity contribution < 1.29 is 14.7 Å². The maximum absolute atomic E-state index is 11.8. The molecule has 0 spiro atoms. The summed E-state index contributed by atoms with van der Waals surface area (Å²) >= 11 is 3.33. The highest BCUT2D eigenvalue weighted by Crippen LogP contribution is 2.23. The maximum Gasteiger partial charge on any atom is 0.319 e. The van der Waals surface area contributed by atoms with E-state index in [1.54, 1.807) is 18.2 Å². The van der Waals surface area contributed by atoms with Gasteiger partial charge in [0.25, 0.3) is 0 Å². The van der Waals surface area contributed by atoms with Gasteiger partial charge in [-0.25, -0.2) is 4.79 Å². The number of ether oxygens (including phenoxy) is 1. The summed E-state index contributed by atoms with van der Waals surface area (Å²) in [5.41, 5.74) is 6.63. The van der Waals surface area contributed by atoms with Crippen LogP contribution in [0.5, 0.6) is 0 Å². The van der Waals surface area contributed by atoms with Crippen molar-refractivity contribution in [3.05, 3.63) is 28.2 Å². The minimum absolute atomic E-state index is 0.00445. The molecule has 7 nitrogen and oxygen atoms in total. The summed E-state index contributed by atoms with van der Waals surface area (Å²) < 4.78 is 5.82. The molecule has 1 aliphatic heterocycles. The summed E-state index contributed by atoms with van der Waals surface area (Å²) in [6.07, 6.45) is 0.816. The first-order valence-corrected chi connectivity index (χ1v) is 6.82. The number of carbonyl (C=O) groups excluding carboxylic acids is 1. The van der Waals surface area contributed by atoms with Crippen LogP contribution in [-0.2, 0) is 4.74 Å². The summed E-state index contributed by atoms with van der Waals surface area (Å²) in [5, 5.41) is 17.1. The first kappa shape index (κ1) is 14.6. The highest BCUT2D eigenvalue weighted by Gasteiger charge is 2.18. The molecule has 2 rings (SSSR count). The van der Waals surface area contributed by atoms with E-state index in [1.165, 1.54) is 0 Å². The average Bonchev–Trinajstić information content (AvgIpc) is 2.93. The van der Waals surface area contributed by atoms with Crippen molar-refractivity contribution in [2.45, 2.75) is 12.5 Å². The summed E-state index contributed by atoms with van der Waals surface area (Å²) in [4.78, 5) is 11.8. The van der Waals surface area contributed by atoms with Crippen molar-refractivity contribution in [1.29, 1.82) is 0 Å². The number of urea groups is 1. The Kier molecular flexibility index (Phi) is 4.80. The Balaban J connectivity index is 2.00. The van der Waals surface area contributed by atoms with E-state index in [9.17, 15) is 4.79 Å². The molecule has 2 amide bonds. The Bertz CT molecular complexity index is 529. The molecule has 1 saturated heterocycles. The SMILES string of the molecule is N/C(=N/O)c1ccc(NC(=O)NC2CCOC2)c(Br)c1. The van der Waals surface area contributed by atoms with Crippen molar-refractivity contribution in [3.8, 4) is 0 Å². The maximum atomic E-state index is 11.8. The fourth-order valence-electron chi connectivity index (χ4n) is 1.83. The number of rotatable bonds is 3. The van der Waals surface area contributed by atoms with Gasteiger partial charge in [0.15, 0.2) is 5.84 Å². The van der Waals surface area contributed by atoms with Gasteiger partial charge in [0.05, 0.1) is 18.3 Å². The molecular formula is C12H15BrN4O3. The van der Waals surface area contributed by atoms with Crippen LogP contribution in [0.3, 0.4) is 0 Å². The number of nitrogens with two attached hydrogens (primary N) is 1. The molecule has 0 bridgehead atoms. The molecule has 0 aliphatic carbocycles. The van der Waals surface area contributed by atoms with E-state index < -0.39 is 0 Å². The third kappa shape index (κ3) is 3.61. The van der Waals surface area contributed by atoms with Crippen molar-refractivity contribution in [3.63, 3.8) is 0 Å². The highest BCUT2D eigenvalue weighted by molar-refractivity contribution is 9.10. The fourth-order valence-corrected chi connectivity index (χ4v) is 2.30. The summed E-state index contributed by atoms with van der Waals surface area (Å²) in [6.45, 7) is 1.21. The van der Waals surface area contributed by atoms with Crippen molar-refractivity contribution in [2.75, 3.05) is 18.5 Å². The van der Waals surface area contributed by atoms with Crippen LogP contribution in [0.4, 0.5) is 10.5 Å². The monoisotopic (exact) mass is 342 g/mol. The van der Waals surface area contributed by atoms with Gasteiger partial charge >= 0.3 is 6.03 Å². The first-order valence-electron chi connectivity index (χ1n) is 6.03. The molecule has 1 aliphatic rings. The zero-order valence-corrected chi connectivity index (χ0v) is 12.2. The summed E-state index contributed by atoms with van der Waals surface area (Å²) in [6, 6.07) is 4.72. The topological polar surface area (TPSA) is 109 Å². The second-order valence-electron chi connectivity index (χ2n) is 4.34. The van der Waals surface area contributed by atoms with Crippen LogP contribution in [0.2, 0.25) is 0 Å². The van der Waals surface area contributed by atoms with Gasteiger partial charge in [-0.05, 0) is 40.5 Å². The van der Waals surface area contributed by atoms with Crippen LogP contribution in [-0.4, -0.2) is 36.3 Å². The van der Waals surface area contributed by atoms with E-state index in [4.69, 9.17) is 15.7 Å². The quantitative estimate of drug-likeness (QED) is 0.288. The lowest BCUT2D eigenvalue weighted by molar-refractivity contribution is 0.189. The number of carbonyl (C=O) groups is 1. The molecular weight excluding hydrogens is 328 g/mol. The molecule has 108 valence electrons. The summed E-state index contributed by atoms with van der Waals surface area (Å²) in [7, 11) is 0. The zero-order valence-electron chi connectivity index (χ0n) is 10.6. The predicted molar refractivity (Wildman–Crippen MR) is 78.0 cm³/mol. The minimum atomic E-state index is -0.294. The number of amidine groups is 1.